The van der Waals surface area contributed by atoms with Gasteiger partial charge in [0.25, 0.3) is 5.91 Å². The molecule has 0 saturated heterocycles. The highest BCUT2D eigenvalue weighted by atomic mass is 79.9. The van der Waals surface area contributed by atoms with Crippen LogP contribution in [0.15, 0.2) is 46.9 Å². The highest BCUT2D eigenvalue weighted by molar-refractivity contribution is 9.10. The van der Waals surface area contributed by atoms with Crippen LogP contribution in [-0.2, 0) is 11.8 Å². The van der Waals surface area contributed by atoms with Gasteiger partial charge in [-0.2, -0.15) is 0 Å². The van der Waals surface area contributed by atoms with Gasteiger partial charge in [-0.3, -0.25) is 4.79 Å². The summed E-state index contributed by atoms with van der Waals surface area (Å²) < 4.78 is 1.00. The fourth-order valence-corrected chi connectivity index (χ4v) is 4.13. The van der Waals surface area contributed by atoms with E-state index in [1.807, 2.05) is 35.2 Å². The fraction of sp³-hybridized carbons (Fsp3) is 0.350. The van der Waals surface area contributed by atoms with Crippen LogP contribution in [0.1, 0.15) is 48.7 Å². The van der Waals surface area contributed by atoms with E-state index >= 15 is 0 Å². The minimum absolute atomic E-state index is 0.0537. The van der Waals surface area contributed by atoms with Crippen LogP contribution < -0.4 is 4.90 Å². The van der Waals surface area contributed by atoms with E-state index in [4.69, 9.17) is 0 Å². The van der Waals surface area contributed by atoms with E-state index < -0.39 is 0 Å². The zero-order valence-electron chi connectivity index (χ0n) is 13.9. The minimum atomic E-state index is 0.0537. The number of nitrogens with zero attached hydrogens (tertiary/aromatic N) is 1. The second-order valence-electron chi connectivity index (χ2n) is 7.13. The van der Waals surface area contributed by atoms with Gasteiger partial charge in [-0.05, 0) is 47.6 Å². The van der Waals surface area contributed by atoms with Gasteiger partial charge in [0.15, 0.2) is 0 Å². The van der Waals surface area contributed by atoms with Crippen molar-refractivity contribution in [1.82, 2.24) is 0 Å². The summed E-state index contributed by atoms with van der Waals surface area (Å²) in [5.74, 6) is 0.0818. The number of amides is 1. The first kappa shape index (κ1) is 16.3. The summed E-state index contributed by atoms with van der Waals surface area (Å²) in [5.41, 5.74) is 4.32. The maximum Gasteiger partial charge on any atom is 0.258 e. The van der Waals surface area contributed by atoms with Crippen molar-refractivity contribution in [3.8, 4) is 0 Å². The van der Waals surface area contributed by atoms with E-state index in [0.717, 1.165) is 35.1 Å². The number of anilines is 1. The van der Waals surface area contributed by atoms with Crippen molar-refractivity contribution in [3.05, 3.63) is 63.6 Å². The van der Waals surface area contributed by atoms with Gasteiger partial charge in [0.1, 0.15) is 0 Å². The number of hydrogen-bond acceptors (Lipinski definition) is 1. The molecule has 0 aliphatic carbocycles. The Morgan fingerprint density at radius 3 is 2.57 bits per heavy atom. The number of benzene rings is 2. The van der Waals surface area contributed by atoms with Crippen LogP contribution in [0.25, 0.3) is 0 Å². The molecule has 1 heterocycles. The number of halogens is 1. The summed E-state index contributed by atoms with van der Waals surface area (Å²) >= 11 is 3.64. The zero-order chi connectivity index (χ0) is 16.6. The highest BCUT2D eigenvalue weighted by Crippen LogP contribution is 2.32. The summed E-state index contributed by atoms with van der Waals surface area (Å²) in [5, 5.41) is 0. The number of rotatable bonds is 1. The SMILES string of the molecule is CC(C)(C)c1ccc(C(=O)N2CCCc3ccccc32)cc1Br. The largest absolute Gasteiger partial charge is 0.308 e. The molecule has 0 fully saturated rings. The maximum atomic E-state index is 13.0. The predicted octanol–water partition coefficient (Wildman–Crippen LogP) is 5.34. The number of carbonyl (C=O) groups excluding carboxylic acids is 1. The van der Waals surface area contributed by atoms with Crippen molar-refractivity contribution >= 4 is 27.5 Å². The molecule has 0 bridgehead atoms. The molecule has 1 amide bonds. The fourth-order valence-electron chi connectivity index (χ4n) is 3.16. The molecule has 0 N–H and O–H groups in total. The average molecular weight is 372 g/mol. The van der Waals surface area contributed by atoms with E-state index in [0.29, 0.717) is 0 Å². The van der Waals surface area contributed by atoms with E-state index in [-0.39, 0.29) is 11.3 Å². The van der Waals surface area contributed by atoms with Gasteiger partial charge in [0.05, 0.1) is 0 Å². The normalized spacial score (nSPS) is 14.5. The molecular formula is C20H22BrNO. The third kappa shape index (κ3) is 3.20. The van der Waals surface area contributed by atoms with Crippen LogP contribution >= 0.6 is 15.9 Å². The number of hydrogen-bond donors (Lipinski definition) is 0. The topological polar surface area (TPSA) is 20.3 Å². The molecule has 1 aliphatic rings. The number of para-hydroxylation sites is 1. The lowest BCUT2D eigenvalue weighted by Crippen LogP contribution is -2.35. The summed E-state index contributed by atoms with van der Waals surface area (Å²) in [7, 11) is 0. The monoisotopic (exact) mass is 371 g/mol. The Kier molecular flexibility index (Phi) is 4.33. The average Bonchev–Trinajstić information content (AvgIpc) is 2.52. The van der Waals surface area contributed by atoms with Crippen molar-refractivity contribution < 1.29 is 4.79 Å². The number of fused-ring (bicyclic) bond motifs is 1. The number of aryl methyl sites for hydroxylation is 1. The predicted molar refractivity (Wildman–Crippen MR) is 99.3 cm³/mol. The van der Waals surface area contributed by atoms with Gasteiger partial charge in [-0.15, -0.1) is 0 Å². The van der Waals surface area contributed by atoms with Gasteiger partial charge >= 0.3 is 0 Å². The van der Waals surface area contributed by atoms with Gasteiger partial charge in [-0.25, -0.2) is 0 Å². The molecule has 2 nitrogen and oxygen atoms in total. The molecule has 2 aromatic rings. The smallest absolute Gasteiger partial charge is 0.258 e. The minimum Gasteiger partial charge on any atom is -0.308 e. The third-order valence-corrected chi connectivity index (χ3v) is 5.04. The Hall–Kier alpha value is -1.61. The Morgan fingerprint density at radius 1 is 1.13 bits per heavy atom. The molecule has 3 heteroatoms. The van der Waals surface area contributed by atoms with Crippen LogP contribution in [0.2, 0.25) is 0 Å². The maximum absolute atomic E-state index is 13.0. The van der Waals surface area contributed by atoms with Gasteiger partial charge in [-0.1, -0.05) is 61.0 Å². The van der Waals surface area contributed by atoms with E-state index in [1.54, 1.807) is 0 Å². The van der Waals surface area contributed by atoms with Crippen LogP contribution in [0.5, 0.6) is 0 Å². The van der Waals surface area contributed by atoms with Crippen molar-refractivity contribution in [2.75, 3.05) is 11.4 Å². The standard InChI is InChI=1S/C20H22BrNO/c1-20(2,3)16-11-10-15(13-17(16)21)19(23)22-12-6-8-14-7-4-5-9-18(14)22/h4-5,7,9-11,13H,6,8,12H2,1-3H3. The Bertz CT molecular complexity index is 746. The number of carbonyl (C=O) groups is 1. The van der Waals surface area contributed by atoms with Crippen molar-refractivity contribution in [2.45, 2.75) is 39.0 Å². The lowest BCUT2D eigenvalue weighted by molar-refractivity contribution is 0.0985. The van der Waals surface area contributed by atoms with E-state index in [2.05, 4.69) is 48.8 Å². The lowest BCUT2D eigenvalue weighted by Gasteiger charge is -2.30. The molecule has 23 heavy (non-hydrogen) atoms. The van der Waals surface area contributed by atoms with Gasteiger partial charge in [0, 0.05) is 22.3 Å². The molecular weight excluding hydrogens is 350 g/mol. The molecule has 0 aromatic heterocycles. The van der Waals surface area contributed by atoms with Crippen LogP contribution in [-0.4, -0.2) is 12.5 Å². The van der Waals surface area contributed by atoms with Crippen molar-refractivity contribution in [3.63, 3.8) is 0 Å². The van der Waals surface area contributed by atoms with E-state index in [1.165, 1.54) is 11.1 Å². The summed E-state index contributed by atoms with van der Waals surface area (Å²) in [4.78, 5) is 14.9. The molecule has 2 aromatic carbocycles. The molecule has 1 aliphatic heterocycles. The van der Waals surface area contributed by atoms with E-state index in [9.17, 15) is 4.79 Å². The second-order valence-corrected chi connectivity index (χ2v) is 7.99. The second kappa shape index (κ2) is 6.12. The first-order valence-corrected chi connectivity index (χ1v) is 8.87. The molecule has 0 radical (unpaired) electrons. The zero-order valence-corrected chi connectivity index (χ0v) is 15.5. The molecule has 3 rings (SSSR count). The summed E-state index contributed by atoms with van der Waals surface area (Å²) in [6, 6.07) is 14.2. The van der Waals surface area contributed by atoms with Crippen LogP contribution in [0, 0.1) is 0 Å². The molecule has 0 atom stereocenters. The van der Waals surface area contributed by atoms with Gasteiger partial charge < -0.3 is 4.90 Å². The molecule has 120 valence electrons. The first-order chi connectivity index (χ1) is 10.9. The Morgan fingerprint density at radius 2 is 1.87 bits per heavy atom. The van der Waals surface area contributed by atoms with Crippen LogP contribution in [0.3, 0.4) is 0 Å². The molecule has 0 spiro atoms. The lowest BCUT2D eigenvalue weighted by atomic mass is 9.86. The molecule has 0 unspecified atom stereocenters. The Labute approximate surface area is 146 Å². The van der Waals surface area contributed by atoms with Crippen LogP contribution in [0.4, 0.5) is 5.69 Å². The van der Waals surface area contributed by atoms with Crippen molar-refractivity contribution in [2.24, 2.45) is 0 Å². The highest BCUT2D eigenvalue weighted by Gasteiger charge is 2.24. The Balaban J connectivity index is 1.95. The summed E-state index contributed by atoms with van der Waals surface area (Å²) in [6.07, 6.45) is 2.07. The van der Waals surface area contributed by atoms with Gasteiger partial charge in [0.2, 0.25) is 0 Å². The first-order valence-electron chi connectivity index (χ1n) is 8.08. The quantitative estimate of drug-likeness (QED) is 0.662. The third-order valence-electron chi connectivity index (χ3n) is 4.38. The summed E-state index contributed by atoms with van der Waals surface area (Å²) in [6.45, 7) is 7.31. The van der Waals surface area contributed by atoms with Crippen molar-refractivity contribution in [1.29, 1.82) is 0 Å². The molecule has 0 saturated carbocycles.